The largest absolute Gasteiger partial charge is 4.00 e. The molecule has 0 saturated heterocycles. The van der Waals surface area contributed by atoms with Crippen LogP contribution in [-0.4, -0.2) is 39.0 Å². The molecule has 0 radical (unpaired) electrons. The van der Waals surface area contributed by atoms with Crippen LogP contribution in [0, 0.1) is 0 Å². The Labute approximate surface area is 173 Å². The van der Waals surface area contributed by atoms with E-state index in [1.807, 2.05) is 55.5 Å². The third-order valence-corrected chi connectivity index (χ3v) is 3.26. The van der Waals surface area contributed by atoms with E-state index >= 15 is 0 Å². The molecular weight excluding hydrogens is 529 g/mol. The summed E-state index contributed by atoms with van der Waals surface area (Å²) in [5.41, 5.74) is 3.19. The summed E-state index contributed by atoms with van der Waals surface area (Å²) in [6.07, 6.45) is 3.51. The second kappa shape index (κ2) is 12.6. The number of rotatable bonds is 5. The van der Waals surface area contributed by atoms with Gasteiger partial charge in [0.05, 0.1) is 36.0 Å². The SMILES string of the molecule is CCOc1cc(-c2ccccn2)nc(-c2ccccn2)c1.OCCS.[Pt+4]. The quantitative estimate of drug-likeness (QED) is 0.476. The van der Waals surface area contributed by atoms with Gasteiger partial charge in [0.15, 0.2) is 0 Å². The van der Waals surface area contributed by atoms with Crippen molar-refractivity contribution in [2.45, 2.75) is 6.92 Å². The topological polar surface area (TPSA) is 68.1 Å². The second-order valence-electron chi connectivity index (χ2n) is 4.88. The Hall–Kier alpha value is -1.75. The zero-order valence-electron chi connectivity index (χ0n) is 14.4. The Morgan fingerprint density at radius 3 is 1.77 bits per heavy atom. The molecule has 0 aliphatic rings. The molecule has 3 aromatic rings. The zero-order chi connectivity index (χ0) is 17.9. The fraction of sp³-hybridized carbons (Fsp3) is 0.211. The zero-order valence-corrected chi connectivity index (χ0v) is 17.5. The second-order valence-corrected chi connectivity index (χ2v) is 5.33. The van der Waals surface area contributed by atoms with Crippen molar-refractivity contribution < 1.29 is 30.9 Å². The Bertz CT molecular complexity index is 701. The maximum atomic E-state index is 7.80. The molecule has 0 amide bonds. The number of aliphatic hydroxyl groups is 1. The van der Waals surface area contributed by atoms with Crippen molar-refractivity contribution in [1.29, 1.82) is 0 Å². The van der Waals surface area contributed by atoms with Crippen LogP contribution in [0.2, 0.25) is 0 Å². The van der Waals surface area contributed by atoms with Crippen molar-refractivity contribution in [2.24, 2.45) is 0 Å². The molecule has 3 heterocycles. The van der Waals surface area contributed by atoms with E-state index in [1.54, 1.807) is 12.4 Å². The van der Waals surface area contributed by atoms with Crippen molar-refractivity contribution in [3.05, 3.63) is 60.9 Å². The number of nitrogens with zero attached hydrogens (tertiary/aromatic N) is 3. The van der Waals surface area contributed by atoms with Gasteiger partial charge in [-0.25, -0.2) is 4.98 Å². The molecule has 0 spiro atoms. The van der Waals surface area contributed by atoms with Crippen molar-refractivity contribution in [2.75, 3.05) is 19.0 Å². The normalized spacial score (nSPS) is 9.50. The van der Waals surface area contributed by atoms with Crippen LogP contribution >= 0.6 is 12.6 Å². The van der Waals surface area contributed by atoms with Gasteiger partial charge in [-0.05, 0) is 31.2 Å². The fourth-order valence-electron chi connectivity index (χ4n) is 2.05. The molecule has 7 heteroatoms. The number of aromatic nitrogens is 3. The Morgan fingerprint density at radius 2 is 1.42 bits per heavy atom. The molecule has 26 heavy (non-hydrogen) atoms. The molecule has 3 rings (SSSR count). The third kappa shape index (κ3) is 6.87. The number of pyridine rings is 3. The molecular formula is C19H21N3O2PtS+4. The van der Waals surface area contributed by atoms with Crippen molar-refractivity contribution in [3.8, 4) is 28.5 Å². The van der Waals surface area contributed by atoms with Gasteiger partial charge in [0.2, 0.25) is 0 Å². The van der Waals surface area contributed by atoms with Gasteiger partial charge < -0.3 is 9.84 Å². The van der Waals surface area contributed by atoms with E-state index in [4.69, 9.17) is 9.84 Å². The number of ether oxygens (including phenoxy) is 1. The van der Waals surface area contributed by atoms with E-state index in [0.717, 1.165) is 28.5 Å². The first kappa shape index (κ1) is 22.3. The average molecular weight is 551 g/mol. The van der Waals surface area contributed by atoms with E-state index < -0.39 is 0 Å². The Balaban J connectivity index is 0.000000616. The minimum absolute atomic E-state index is 0. The van der Waals surface area contributed by atoms with E-state index in [9.17, 15) is 0 Å². The average Bonchev–Trinajstić information content (AvgIpc) is 2.69. The van der Waals surface area contributed by atoms with Crippen LogP contribution in [0.15, 0.2) is 60.9 Å². The van der Waals surface area contributed by atoms with Crippen LogP contribution in [0.25, 0.3) is 22.8 Å². The number of hydrogen-bond acceptors (Lipinski definition) is 6. The van der Waals surface area contributed by atoms with E-state index in [2.05, 4.69) is 27.6 Å². The van der Waals surface area contributed by atoms with Crippen LogP contribution < -0.4 is 4.74 Å². The molecule has 0 aliphatic heterocycles. The van der Waals surface area contributed by atoms with Gasteiger partial charge in [0, 0.05) is 30.3 Å². The van der Waals surface area contributed by atoms with E-state index in [0.29, 0.717) is 12.4 Å². The molecule has 0 fully saturated rings. The summed E-state index contributed by atoms with van der Waals surface area (Å²) in [5.74, 6) is 1.34. The van der Waals surface area contributed by atoms with Gasteiger partial charge in [-0.2, -0.15) is 12.6 Å². The molecule has 0 saturated carbocycles. The Morgan fingerprint density at radius 1 is 0.923 bits per heavy atom. The van der Waals surface area contributed by atoms with Gasteiger partial charge in [-0.1, -0.05) is 12.1 Å². The summed E-state index contributed by atoms with van der Waals surface area (Å²) < 4.78 is 5.63. The van der Waals surface area contributed by atoms with Crippen LogP contribution in [0.4, 0.5) is 0 Å². The summed E-state index contributed by atoms with van der Waals surface area (Å²) in [7, 11) is 0. The summed E-state index contributed by atoms with van der Waals surface area (Å²) in [6.45, 7) is 2.75. The molecule has 0 unspecified atom stereocenters. The molecule has 1 N–H and O–H groups in total. The molecule has 0 bridgehead atoms. The van der Waals surface area contributed by atoms with Gasteiger partial charge in [0.1, 0.15) is 5.75 Å². The minimum atomic E-state index is 0. The first-order valence-corrected chi connectivity index (χ1v) is 8.61. The van der Waals surface area contributed by atoms with Gasteiger partial charge in [-0.15, -0.1) is 0 Å². The predicted molar refractivity (Wildman–Crippen MR) is 103 cm³/mol. The summed E-state index contributed by atoms with van der Waals surface area (Å²) >= 11 is 3.67. The Kier molecular flexibility index (Phi) is 10.8. The number of hydrogen-bond donors (Lipinski definition) is 2. The molecule has 0 atom stereocenters. The minimum Gasteiger partial charge on any atom is -0.494 e. The first-order valence-electron chi connectivity index (χ1n) is 7.98. The number of aliphatic hydroxyl groups excluding tert-OH is 1. The maximum Gasteiger partial charge on any atom is 4.00 e. The van der Waals surface area contributed by atoms with Gasteiger partial charge in [0.25, 0.3) is 0 Å². The van der Waals surface area contributed by atoms with E-state index in [-0.39, 0.29) is 27.7 Å². The molecule has 0 aromatic carbocycles. The van der Waals surface area contributed by atoms with Crippen LogP contribution in [0.3, 0.4) is 0 Å². The summed E-state index contributed by atoms with van der Waals surface area (Å²) in [5, 5.41) is 7.80. The summed E-state index contributed by atoms with van der Waals surface area (Å²) in [4.78, 5) is 13.3. The number of thiol groups is 1. The van der Waals surface area contributed by atoms with Crippen molar-refractivity contribution in [1.82, 2.24) is 15.0 Å². The molecule has 0 aliphatic carbocycles. The van der Waals surface area contributed by atoms with Crippen molar-refractivity contribution in [3.63, 3.8) is 0 Å². The molecule has 3 aromatic heterocycles. The van der Waals surface area contributed by atoms with Gasteiger partial charge in [-0.3, -0.25) is 9.97 Å². The summed E-state index contributed by atoms with van der Waals surface area (Å²) in [6, 6.07) is 15.3. The third-order valence-electron chi connectivity index (χ3n) is 3.06. The standard InChI is InChI=1S/C17H15N3O.C2H6OS.Pt/c1-2-21-13-11-16(14-7-3-5-9-18-14)20-17(12-13)15-8-4-6-10-19-15;3-1-2-4;/h3-12H,2H2,1H3;3-4H,1-2H2;/q;;+4. The smallest absolute Gasteiger partial charge is 0.494 e. The first-order chi connectivity index (χ1) is 12.3. The molecule has 136 valence electrons. The predicted octanol–water partition coefficient (Wildman–Crippen LogP) is 3.51. The van der Waals surface area contributed by atoms with Crippen LogP contribution in [-0.2, 0) is 21.1 Å². The fourth-order valence-corrected chi connectivity index (χ4v) is 2.05. The maximum absolute atomic E-state index is 7.80. The van der Waals surface area contributed by atoms with Gasteiger partial charge >= 0.3 is 21.1 Å². The monoisotopic (exact) mass is 550 g/mol. The van der Waals surface area contributed by atoms with Crippen molar-refractivity contribution >= 4 is 12.6 Å². The van der Waals surface area contributed by atoms with E-state index in [1.165, 1.54) is 0 Å². The van der Waals surface area contributed by atoms with Crippen LogP contribution in [0.1, 0.15) is 6.92 Å². The van der Waals surface area contributed by atoms with Crippen LogP contribution in [0.5, 0.6) is 5.75 Å². The molecule has 5 nitrogen and oxygen atoms in total.